The molecule has 3 aliphatic carbocycles. The van der Waals surface area contributed by atoms with E-state index < -0.39 is 16.6 Å². The van der Waals surface area contributed by atoms with Gasteiger partial charge in [-0.2, -0.15) is 0 Å². The molecule has 5 heteroatoms. The number of carbonyl (C=O) groups excluding carboxylic acids is 1. The van der Waals surface area contributed by atoms with Crippen molar-refractivity contribution in [1.82, 2.24) is 0 Å². The topological polar surface area (TPSA) is 54.0 Å². The van der Waals surface area contributed by atoms with Crippen molar-refractivity contribution >= 4 is 5.97 Å². The maximum absolute atomic E-state index is 13.2. The van der Waals surface area contributed by atoms with Crippen LogP contribution in [-0.4, -0.2) is 44.8 Å². The van der Waals surface area contributed by atoms with E-state index in [1.165, 1.54) is 0 Å². The van der Waals surface area contributed by atoms with Gasteiger partial charge in [-0.05, 0) is 39.5 Å². The number of hydrogen-bond donors (Lipinski definition) is 0. The third kappa shape index (κ3) is 2.68. The van der Waals surface area contributed by atoms with Crippen molar-refractivity contribution < 1.29 is 23.7 Å². The van der Waals surface area contributed by atoms with Crippen LogP contribution in [0, 0.1) is 22.7 Å². The Morgan fingerprint density at radius 2 is 2.20 bits per heavy atom. The second-order valence-electron chi connectivity index (χ2n) is 7.91. The molecular weight excluding hydrogens is 320 g/mol. The first-order chi connectivity index (χ1) is 11.9. The van der Waals surface area contributed by atoms with Gasteiger partial charge in [-0.25, -0.2) is 0 Å². The highest BCUT2D eigenvalue weighted by Crippen LogP contribution is 2.64. The molecule has 2 fully saturated rings. The van der Waals surface area contributed by atoms with Crippen molar-refractivity contribution in [2.24, 2.45) is 22.7 Å². The van der Waals surface area contributed by atoms with E-state index in [1.807, 2.05) is 26.8 Å². The van der Waals surface area contributed by atoms with Crippen molar-refractivity contribution in [3.63, 3.8) is 0 Å². The lowest BCUT2D eigenvalue weighted by atomic mass is 9.45. The number of hydrogen-bond acceptors (Lipinski definition) is 5. The summed E-state index contributed by atoms with van der Waals surface area (Å²) in [5.41, 5.74) is -1.29. The van der Waals surface area contributed by atoms with Crippen LogP contribution in [-0.2, 0) is 23.7 Å². The van der Waals surface area contributed by atoms with Gasteiger partial charge in [0.25, 0.3) is 0 Å². The van der Waals surface area contributed by atoms with Crippen LogP contribution in [0.4, 0.5) is 0 Å². The van der Waals surface area contributed by atoms with Crippen LogP contribution < -0.4 is 0 Å². The molecule has 0 amide bonds. The number of methoxy groups -OCH3 is 1. The Labute approximate surface area is 150 Å². The molecule has 4 rings (SSSR count). The number of fused-ring (bicyclic) bond motifs is 1. The molecule has 1 saturated carbocycles. The maximum Gasteiger partial charge on any atom is 0.315 e. The highest BCUT2D eigenvalue weighted by atomic mass is 16.7. The van der Waals surface area contributed by atoms with Crippen LogP contribution in [0.25, 0.3) is 0 Å². The van der Waals surface area contributed by atoms with Crippen molar-refractivity contribution in [3.05, 3.63) is 24.8 Å². The highest BCUT2D eigenvalue weighted by Gasteiger charge is 2.69. The molecule has 140 valence electrons. The lowest BCUT2D eigenvalue weighted by Crippen LogP contribution is -2.69. The fourth-order valence-electron chi connectivity index (χ4n) is 5.08. The van der Waals surface area contributed by atoms with E-state index in [9.17, 15) is 4.79 Å². The quantitative estimate of drug-likeness (QED) is 0.544. The van der Waals surface area contributed by atoms with E-state index in [4.69, 9.17) is 18.9 Å². The Bertz CT molecular complexity index is 568. The van der Waals surface area contributed by atoms with E-state index in [1.54, 1.807) is 7.11 Å². The van der Waals surface area contributed by atoms with Crippen LogP contribution in [0.3, 0.4) is 0 Å². The van der Waals surface area contributed by atoms with Crippen molar-refractivity contribution in [3.8, 4) is 0 Å². The molecule has 0 aromatic carbocycles. The van der Waals surface area contributed by atoms with Crippen molar-refractivity contribution in [1.29, 1.82) is 0 Å². The molecule has 0 radical (unpaired) electrons. The Balaban J connectivity index is 2.12. The summed E-state index contributed by atoms with van der Waals surface area (Å²) in [5.74, 6) is -0.419. The summed E-state index contributed by atoms with van der Waals surface area (Å²) >= 11 is 0. The first-order valence-electron chi connectivity index (χ1n) is 9.14. The van der Waals surface area contributed by atoms with Gasteiger partial charge < -0.3 is 18.9 Å². The van der Waals surface area contributed by atoms with Crippen LogP contribution in [0.2, 0.25) is 0 Å². The third-order valence-electron chi connectivity index (χ3n) is 6.14. The summed E-state index contributed by atoms with van der Waals surface area (Å²) in [6, 6.07) is 0. The van der Waals surface area contributed by atoms with Crippen LogP contribution in [0.15, 0.2) is 24.8 Å². The fraction of sp³-hybridized carbons (Fsp3) is 0.750. The second kappa shape index (κ2) is 6.53. The van der Waals surface area contributed by atoms with E-state index in [2.05, 4.69) is 18.7 Å². The third-order valence-corrected chi connectivity index (χ3v) is 6.14. The summed E-state index contributed by atoms with van der Waals surface area (Å²) in [4.78, 5) is 13.2. The summed E-state index contributed by atoms with van der Waals surface area (Å²) < 4.78 is 23.4. The number of carbonyl (C=O) groups is 1. The lowest BCUT2D eigenvalue weighted by Gasteiger charge is -2.63. The second-order valence-corrected chi connectivity index (χ2v) is 7.91. The SMILES string of the molecule is C=CC[C@]12C=C[C@H](C[C@]1(COC)C(=O)OCC)[C@@H]1COC(C)(C)O[C@@H]12. The maximum atomic E-state index is 13.2. The largest absolute Gasteiger partial charge is 0.465 e. The molecule has 4 aliphatic rings. The van der Waals surface area contributed by atoms with Gasteiger partial charge in [0, 0.05) is 18.4 Å². The zero-order chi connectivity index (χ0) is 18.3. The molecule has 0 N–H and O–H groups in total. The van der Waals surface area contributed by atoms with E-state index in [0.29, 0.717) is 32.7 Å². The molecule has 5 atom stereocenters. The van der Waals surface area contributed by atoms with Crippen molar-refractivity contribution in [2.75, 3.05) is 26.9 Å². The van der Waals surface area contributed by atoms with Crippen LogP contribution in [0.1, 0.15) is 33.6 Å². The Morgan fingerprint density at radius 1 is 1.44 bits per heavy atom. The normalized spacial score (nSPS) is 41.2. The van der Waals surface area contributed by atoms with Crippen LogP contribution in [0.5, 0.6) is 0 Å². The average Bonchev–Trinajstić information content (AvgIpc) is 2.56. The number of esters is 1. The van der Waals surface area contributed by atoms with Crippen molar-refractivity contribution in [2.45, 2.75) is 45.5 Å². The summed E-state index contributed by atoms with van der Waals surface area (Å²) in [7, 11) is 1.64. The molecule has 0 unspecified atom stereocenters. The summed E-state index contributed by atoms with van der Waals surface area (Å²) in [6.45, 7) is 11.0. The van der Waals surface area contributed by atoms with Gasteiger partial charge in [-0.15, -0.1) is 6.58 Å². The van der Waals surface area contributed by atoms with Gasteiger partial charge in [0.05, 0.1) is 25.9 Å². The number of allylic oxidation sites excluding steroid dienone is 2. The molecule has 0 aromatic heterocycles. The molecule has 0 aromatic rings. The fourth-order valence-corrected chi connectivity index (χ4v) is 5.08. The smallest absolute Gasteiger partial charge is 0.315 e. The molecule has 25 heavy (non-hydrogen) atoms. The minimum absolute atomic E-state index is 0.127. The molecule has 1 heterocycles. The molecule has 5 nitrogen and oxygen atoms in total. The predicted molar refractivity (Wildman–Crippen MR) is 93.8 cm³/mol. The molecule has 1 aliphatic heterocycles. The van der Waals surface area contributed by atoms with Gasteiger partial charge in [-0.1, -0.05) is 18.2 Å². The first-order valence-corrected chi connectivity index (χ1v) is 9.14. The lowest BCUT2D eigenvalue weighted by molar-refractivity contribution is -0.341. The number of ether oxygens (including phenoxy) is 4. The summed E-state index contributed by atoms with van der Waals surface area (Å²) in [5, 5.41) is 0. The minimum Gasteiger partial charge on any atom is -0.465 e. The Hall–Kier alpha value is -1.17. The molecule has 2 bridgehead atoms. The summed E-state index contributed by atoms with van der Waals surface area (Å²) in [6.07, 6.45) is 7.47. The van der Waals surface area contributed by atoms with E-state index in [0.717, 1.165) is 0 Å². The van der Waals surface area contributed by atoms with Gasteiger partial charge in [0.15, 0.2) is 5.79 Å². The van der Waals surface area contributed by atoms with Gasteiger partial charge in [0.2, 0.25) is 0 Å². The van der Waals surface area contributed by atoms with E-state index >= 15 is 0 Å². The average molecular weight is 350 g/mol. The van der Waals surface area contributed by atoms with Crippen LogP contribution >= 0.6 is 0 Å². The molecule has 1 saturated heterocycles. The van der Waals surface area contributed by atoms with E-state index in [-0.39, 0.29) is 23.9 Å². The standard InChI is InChI=1S/C20H30O5/c1-6-9-19-10-8-14(15-12-24-18(3,4)25-16(15)19)11-20(19,13-22-5)17(21)23-7-2/h6,8,10,14-16H,1,7,9,11-13H2,2-5H3/t14-,15+,16+,19-,20+/m1/s1. The monoisotopic (exact) mass is 350 g/mol. The van der Waals surface area contributed by atoms with Gasteiger partial charge >= 0.3 is 5.97 Å². The highest BCUT2D eigenvalue weighted by molar-refractivity contribution is 5.80. The van der Waals surface area contributed by atoms with Gasteiger partial charge in [-0.3, -0.25) is 4.79 Å². The minimum atomic E-state index is -0.764. The molecular formula is C20H30O5. The zero-order valence-electron chi connectivity index (χ0n) is 15.7. The predicted octanol–water partition coefficient (Wildman–Crippen LogP) is 3.10. The Morgan fingerprint density at radius 3 is 2.84 bits per heavy atom. The molecule has 0 spiro atoms. The van der Waals surface area contributed by atoms with Gasteiger partial charge in [0.1, 0.15) is 5.41 Å². The Kier molecular flexibility index (Phi) is 4.86. The first kappa shape index (κ1) is 18.6. The zero-order valence-corrected chi connectivity index (χ0v) is 15.7. The number of rotatable bonds is 6.